The molecule has 0 heterocycles. The van der Waals surface area contributed by atoms with Crippen LogP contribution >= 0.6 is 0 Å². The zero-order chi connectivity index (χ0) is 0. The minimum atomic E-state index is 0. The summed E-state index contributed by atoms with van der Waals surface area (Å²) >= 11 is 0. The Morgan fingerprint density at radius 1 is 0.500 bits per heavy atom. The summed E-state index contributed by atoms with van der Waals surface area (Å²) in [6, 6.07) is 0. The summed E-state index contributed by atoms with van der Waals surface area (Å²) in [5.41, 5.74) is 0. The molecule has 0 unspecified atom stereocenters. The van der Waals surface area contributed by atoms with Gasteiger partial charge in [0.1, 0.15) is 0 Å². The second-order valence-electron chi connectivity index (χ2n) is 0. The van der Waals surface area contributed by atoms with Crippen LogP contribution in [0, 0.1) is 0 Å². The predicted molar refractivity (Wildman–Crippen MR) is 0 cm³/mol. The fraction of sp³-hybridized carbons (Fsp3) is 0. The summed E-state index contributed by atoms with van der Waals surface area (Å²) in [7, 11) is 0. The first kappa shape index (κ1) is 32.8. The van der Waals surface area contributed by atoms with Crippen LogP contribution in [-0.2, 0) is 75.1 Å². The van der Waals surface area contributed by atoms with Crippen LogP contribution in [0.3, 0.4) is 0 Å². The molecule has 0 aromatic rings. The van der Waals surface area contributed by atoms with Gasteiger partial charge >= 0.3 is 0 Å². The molecule has 0 spiro atoms. The Labute approximate surface area is 74.2 Å². The molecule has 0 rings (SSSR count). The average Bonchev–Trinajstić information content (AvgIpc) is 0. The molecule has 32 valence electrons. The van der Waals surface area contributed by atoms with Gasteiger partial charge in [0.05, 0.1) is 0 Å². The van der Waals surface area contributed by atoms with Gasteiger partial charge in [-0.2, -0.15) is 0 Å². The Morgan fingerprint density at radius 2 is 0.500 bits per heavy atom. The molecular weight excluding hydrogens is 485 g/mol. The van der Waals surface area contributed by atoms with E-state index in [1.54, 1.807) is 0 Å². The molecule has 0 N–H and O–H groups in total. The largest absolute Gasteiger partial charge is 0 e. The van der Waals surface area contributed by atoms with Crippen LogP contribution in [-0.4, -0.2) is 0 Å². The molecule has 0 saturated carbocycles. The molecule has 0 saturated heterocycles. The summed E-state index contributed by atoms with van der Waals surface area (Å²) in [6.45, 7) is 0. The Hall–Kier alpha value is 2.36. The smallest absolute Gasteiger partial charge is 0 e. The third-order valence-corrected chi connectivity index (χ3v) is 0. The van der Waals surface area contributed by atoms with Gasteiger partial charge in [-0.15, -0.1) is 0 Å². The molecule has 0 aromatic heterocycles. The van der Waals surface area contributed by atoms with Crippen molar-refractivity contribution in [2.75, 3.05) is 0 Å². The second kappa shape index (κ2) is 18.3. The van der Waals surface area contributed by atoms with Crippen molar-refractivity contribution < 1.29 is 75.1 Å². The molecule has 0 aliphatic carbocycles. The molecule has 4 heavy (non-hydrogen) atoms. The van der Waals surface area contributed by atoms with E-state index in [2.05, 4.69) is 0 Å². The van der Waals surface area contributed by atoms with Crippen LogP contribution < -0.4 is 0 Å². The molecule has 0 atom stereocenters. The molecule has 0 aliphatic rings. The fourth-order valence-electron chi connectivity index (χ4n) is 0. The van der Waals surface area contributed by atoms with Crippen LogP contribution in [0.25, 0.3) is 0 Å². The Balaban J connectivity index is 0. The Kier molecular flexibility index (Phi) is 150. The van der Waals surface area contributed by atoms with E-state index in [1.165, 1.54) is 0 Å². The van der Waals surface area contributed by atoms with Crippen LogP contribution in [0.15, 0.2) is 0 Å². The monoisotopic (exact) mass is 484 g/mol. The zero-order valence-electron chi connectivity index (χ0n) is 1.45. The second-order valence-corrected chi connectivity index (χ2v) is 0. The van der Waals surface area contributed by atoms with E-state index in [4.69, 9.17) is 0 Å². The maximum atomic E-state index is 0. The fourth-order valence-corrected chi connectivity index (χ4v) is 0. The van der Waals surface area contributed by atoms with Crippen LogP contribution in [0.2, 0.25) is 0 Å². The van der Waals surface area contributed by atoms with Gasteiger partial charge in [-0.1, -0.05) is 0 Å². The van der Waals surface area contributed by atoms with Crippen LogP contribution in [0.4, 0.5) is 0 Å². The van der Waals surface area contributed by atoms with Gasteiger partial charge in [-0.05, 0) is 0 Å². The van der Waals surface area contributed by atoms with E-state index >= 15 is 0 Å². The average molecular weight is 485 g/mol. The first-order chi connectivity index (χ1) is 0. The van der Waals surface area contributed by atoms with Crippen LogP contribution in [0.1, 0.15) is 0 Å². The normalized spacial score (nSPS) is 0. The minimum absolute atomic E-state index is 0. The maximum absolute atomic E-state index is 0. The van der Waals surface area contributed by atoms with E-state index in [-0.39, 0.29) is 75.1 Å². The molecule has 0 amide bonds. The quantitative estimate of drug-likeness (QED) is 0.424. The summed E-state index contributed by atoms with van der Waals surface area (Å²) in [5.74, 6) is 0. The van der Waals surface area contributed by atoms with Crippen LogP contribution in [0.5, 0.6) is 0 Å². The summed E-state index contributed by atoms with van der Waals surface area (Å²) in [5, 5.41) is 0. The number of hydrogen-bond donors (Lipinski definition) is 0. The van der Waals surface area contributed by atoms with E-state index in [9.17, 15) is 0 Å². The molecule has 0 radical (unpaired) electrons. The van der Waals surface area contributed by atoms with Gasteiger partial charge in [-0.25, -0.2) is 0 Å². The first-order valence-electron chi connectivity index (χ1n) is 0. The molecule has 0 aliphatic heterocycles. The van der Waals surface area contributed by atoms with Crippen molar-refractivity contribution in [3.8, 4) is 0 Å². The van der Waals surface area contributed by atoms with Crippen molar-refractivity contribution in [1.82, 2.24) is 0 Å². The van der Waals surface area contributed by atoms with E-state index < -0.39 is 0 Å². The Bertz CT molecular complexity index is 4.00. The van der Waals surface area contributed by atoms with Gasteiger partial charge in [0.2, 0.25) is 0 Å². The standard InChI is InChI=1S/2Ni.2W. The minimum Gasteiger partial charge on any atom is 0 e. The van der Waals surface area contributed by atoms with Crippen molar-refractivity contribution in [2.24, 2.45) is 0 Å². The van der Waals surface area contributed by atoms with Crippen molar-refractivity contribution in [2.45, 2.75) is 0 Å². The van der Waals surface area contributed by atoms with Gasteiger partial charge < -0.3 is 0 Å². The third-order valence-electron chi connectivity index (χ3n) is 0. The zero-order valence-corrected chi connectivity index (χ0v) is 9.29. The summed E-state index contributed by atoms with van der Waals surface area (Å²) in [6.07, 6.45) is 0. The van der Waals surface area contributed by atoms with Gasteiger partial charge in [0, 0.05) is 75.1 Å². The van der Waals surface area contributed by atoms with Crippen molar-refractivity contribution in [1.29, 1.82) is 0 Å². The predicted octanol–water partition coefficient (Wildman–Crippen LogP) is -0.0100. The third kappa shape index (κ3) is 8.84. The molecule has 4 heteroatoms. The van der Waals surface area contributed by atoms with Gasteiger partial charge in [-0.3, -0.25) is 0 Å². The van der Waals surface area contributed by atoms with E-state index in [0.717, 1.165) is 0 Å². The molecule has 0 aromatic carbocycles. The van der Waals surface area contributed by atoms with Crippen molar-refractivity contribution in [3.05, 3.63) is 0 Å². The van der Waals surface area contributed by atoms with Gasteiger partial charge in [0.25, 0.3) is 0 Å². The summed E-state index contributed by atoms with van der Waals surface area (Å²) < 4.78 is 0. The van der Waals surface area contributed by atoms with Crippen molar-refractivity contribution in [3.63, 3.8) is 0 Å². The van der Waals surface area contributed by atoms with E-state index in [0.29, 0.717) is 0 Å². The van der Waals surface area contributed by atoms with Crippen molar-refractivity contribution >= 4 is 0 Å². The number of rotatable bonds is 0. The van der Waals surface area contributed by atoms with E-state index in [1.807, 2.05) is 0 Å². The molecule has 0 nitrogen and oxygen atoms in total. The molecule has 0 fully saturated rings. The van der Waals surface area contributed by atoms with Gasteiger partial charge in [0.15, 0.2) is 0 Å². The molecule has 0 bridgehead atoms. The maximum Gasteiger partial charge on any atom is 0 e. The summed E-state index contributed by atoms with van der Waals surface area (Å²) in [4.78, 5) is 0. The Morgan fingerprint density at radius 3 is 0.500 bits per heavy atom. The molecular formula is Ni2W2. The first-order valence-corrected chi connectivity index (χ1v) is 0. The number of hydrogen-bond acceptors (Lipinski definition) is 0. The topological polar surface area (TPSA) is 0 Å². The SMILES string of the molecule is [Ni].[Ni].[W].[W].